The van der Waals surface area contributed by atoms with E-state index in [1.807, 2.05) is 26.8 Å². The smallest absolute Gasteiger partial charge is 0.248 e. The van der Waals surface area contributed by atoms with Crippen molar-refractivity contribution in [3.63, 3.8) is 0 Å². The first-order valence-electron chi connectivity index (χ1n) is 12.3. The molecule has 4 rings (SSSR count). The number of nitrogens with zero attached hydrogens (tertiary/aromatic N) is 2. The van der Waals surface area contributed by atoms with E-state index in [0.717, 1.165) is 27.8 Å². The van der Waals surface area contributed by atoms with Crippen molar-refractivity contribution >= 4 is 28.1 Å². The summed E-state index contributed by atoms with van der Waals surface area (Å²) in [6.45, 7) is 8.30. The van der Waals surface area contributed by atoms with E-state index in [1.54, 1.807) is 25.1 Å². The third kappa shape index (κ3) is 5.99. The van der Waals surface area contributed by atoms with Gasteiger partial charge in [0.2, 0.25) is 15.9 Å². The van der Waals surface area contributed by atoms with E-state index in [-0.39, 0.29) is 41.2 Å². The zero-order valence-electron chi connectivity index (χ0n) is 21.5. The molecule has 0 spiro atoms. The van der Waals surface area contributed by atoms with Gasteiger partial charge in [-0.05, 0) is 81.0 Å². The molecule has 1 saturated heterocycles. The number of piperidine rings is 1. The second-order valence-electron chi connectivity index (χ2n) is 9.65. The Labute approximate surface area is 217 Å². The largest absolute Gasteiger partial charge is 0.355 e. The normalized spacial score (nSPS) is 16.8. The number of halogens is 1. The molecule has 1 aliphatic rings. The molecule has 3 aromatic rings. The predicted octanol–water partition coefficient (Wildman–Crippen LogP) is 4.93. The number of hydrogen-bond acceptors (Lipinski definition) is 5. The lowest BCUT2D eigenvalue weighted by Gasteiger charge is -2.31. The molecule has 0 bridgehead atoms. The third-order valence-corrected chi connectivity index (χ3v) is 8.73. The maximum absolute atomic E-state index is 13.7. The van der Waals surface area contributed by atoms with Crippen LogP contribution < -0.4 is 5.32 Å². The van der Waals surface area contributed by atoms with Gasteiger partial charge < -0.3 is 9.84 Å². The van der Waals surface area contributed by atoms with Crippen molar-refractivity contribution in [3.8, 4) is 0 Å². The molecule has 1 unspecified atom stereocenters. The van der Waals surface area contributed by atoms with E-state index in [1.165, 1.54) is 16.4 Å². The van der Waals surface area contributed by atoms with Crippen molar-refractivity contribution in [2.24, 2.45) is 5.92 Å². The molecule has 2 aromatic carbocycles. The van der Waals surface area contributed by atoms with Gasteiger partial charge in [-0.1, -0.05) is 41.1 Å². The van der Waals surface area contributed by atoms with Crippen LogP contribution >= 0.6 is 0 Å². The molecule has 9 heteroatoms. The second kappa shape index (κ2) is 11.0. The van der Waals surface area contributed by atoms with Crippen molar-refractivity contribution in [2.75, 3.05) is 13.1 Å². The molecule has 0 aliphatic carbocycles. The third-order valence-electron chi connectivity index (χ3n) is 6.71. The van der Waals surface area contributed by atoms with Crippen LogP contribution in [0.3, 0.4) is 0 Å². The summed E-state index contributed by atoms with van der Waals surface area (Å²) in [5.74, 6) is -0.886. The van der Waals surface area contributed by atoms with Crippen LogP contribution in [0.5, 0.6) is 0 Å². The molecule has 1 aromatic heterocycles. The predicted molar refractivity (Wildman–Crippen MR) is 141 cm³/mol. The van der Waals surface area contributed by atoms with Gasteiger partial charge in [0.1, 0.15) is 11.5 Å². The molecule has 1 aliphatic heterocycles. The van der Waals surface area contributed by atoms with Crippen LogP contribution in [0.4, 0.5) is 4.39 Å². The fraction of sp³-hybridized carbons (Fsp3) is 0.357. The fourth-order valence-electron chi connectivity index (χ4n) is 4.85. The van der Waals surface area contributed by atoms with E-state index >= 15 is 0 Å². The van der Waals surface area contributed by atoms with Gasteiger partial charge in [0.05, 0.1) is 5.92 Å². The van der Waals surface area contributed by atoms with Gasteiger partial charge in [-0.15, -0.1) is 0 Å². The number of rotatable bonds is 7. The number of hydrogen-bond donors (Lipinski definition) is 1. The Kier molecular flexibility index (Phi) is 7.94. The molecule has 2 heterocycles. The Morgan fingerprint density at radius 1 is 1.14 bits per heavy atom. The summed E-state index contributed by atoms with van der Waals surface area (Å²) in [5.41, 5.74) is 5.37. The number of nitrogens with one attached hydrogen (secondary N) is 1. The Balaban J connectivity index is 1.51. The zero-order valence-corrected chi connectivity index (χ0v) is 22.4. The summed E-state index contributed by atoms with van der Waals surface area (Å²) < 4.78 is 47.3. The molecule has 1 atom stereocenters. The van der Waals surface area contributed by atoms with Crippen LogP contribution in [0.25, 0.3) is 12.2 Å². The number of benzene rings is 2. The maximum atomic E-state index is 13.7. The van der Waals surface area contributed by atoms with Crippen molar-refractivity contribution < 1.29 is 22.1 Å². The maximum Gasteiger partial charge on any atom is 0.248 e. The van der Waals surface area contributed by atoms with Crippen molar-refractivity contribution in [2.45, 2.75) is 52.0 Å². The summed E-state index contributed by atoms with van der Waals surface area (Å²) in [5, 5.41) is 6.78. The van der Waals surface area contributed by atoms with Crippen LogP contribution in [-0.4, -0.2) is 36.9 Å². The zero-order chi connectivity index (χ0) is 26.7. The van der Waals surface area contributed by atoms with Gasteiger partial charge in [0, 0.05) is 19.6 Å². The number of aromatic nitrogens is 1. The molecule has 1 fully saturated rings. The van der Waals surface area contributed by atoms with Crippen molar-refractivity contribution in [3.05, 3.63) is 81.5 Å². The summed E-state index contributed by atoms with van der Waals surface area (Å²) >= 11 is 0. The average Bonchev–Trinajstić information content (AvgIpc) is 3.24. The Morgan fingerprint density at radius 3 is 2.49 bits per heavy atom. The lowest BCUT2D eigenvalue weighted by molar-refractivity contribution is -0.126. The van der Waals surface area contributed by atoms with Crippen LogP contribution in [-0.2, 0) is 21.4 Å². The van der Waals surface area contributed by atoms with Gasteiger partial charge >= 0.3 is 0 Å². The minimum Gasteiger partial charge on any atom is -0.355 e. The highest BCUT2D eigenvalue weighted by Gasteiger charge is 2.36. The molecule has 196 valence electrons. The Hall–Kier alpha value is -3.30. The van der Waals surface area contributed by atoms with Gasteiger partial charge in [0.15, 0.2) is 10.7 Å². The summed E-state index contributed by atoms with van der Waals surface area (Å²) in [7, 11) is -3.95. The molecular weight excluding hydrogens is 493 g/mol. The first-order valence-corrected chi connectivity index (χ1v) is 13.7. The van der Waals surface area contributed by atoms with E-state index in [9.17, 15) is 17.6 Å². The summed E-state index contributed by atoms with van der Waals surface area (Å²) in [4.78, 5) is 12.9. The van der Waals surface area contributed by atoms with Crippen molar-refractivity contribution in [1.29, 1.82) is 0 Å². The molecular formula is C28H32FN3O4S. The van der Waals surface area contributed by atoms with Gasteiger partial charge in [0.25, 0.3) is 0 Å². The molecule has 1 N–H and O–H groups in total. The minimum absolute atomic E-state index is 0.0264. The monoisotopic (exact) mass is 525 g/mol. The number of carbonyl (C=O) groups is 1. The Morgan fingerprint density at radius 2 is 1.81 bits per heavy atom. The van der Waals surface area contributed by atoms with E-state index < -0.39 is 15.9 Å². The Bertz CT molecular complexity index is 1410. The van der Waals surface area contributed by atoms with Crippen LogP contribution in [0.1, 0.15) is 52.1 Å². The van der Waals surface area contributed by atoms with Crippen LogP contribution in [0.15, 0.2) is 45.8 Å². The molecule has 37 heavy (non-hydrogen) atoms. The second-order valence-corrected chi connectivity index (χ2v) is 11.5. The topological polar surface area (TPSA) is 92.5 Å². The van der Waals surface area contributed by atoms with E-state index in [0.29, 0.717) is 19.4 Å². The van der Waals surface area contributed by atoms with Gasteiger partial charge in [-0.2, -0.15) is 4.31 Å². The lowest BCUT2D eigenvalue weighted by atomic mass is 9.99. The number of sulfonamides is 1. The highest BCUT2D eigenvalue weighted by Crippen LogP contribution is 2.30. The number of amides is 1. The lowest BCUT2D eigenvalue weighted by Crippen LogP contribution is -2.45. The van der Waals surface area contributed by atoms with Gasteiger partial charge in [-0.3, -0.25) is 4.79 Å². The first kappa shape index (κ1) is 26.8. The van der Waals surface area contributed by atoms with Crippen molar-refractivity contribution in [1.82, 2.24) is 14.8 Å². The average molecular weight is 526 g/mol. The number of aryl methyl sites for hydroxylation is 4. The van der Waals surface area contributed by atoms with Crippen LogP contribution in [0.2, 0.25) is 0 Å². The number of carbonyl (C=O) groups excluding carboxylic acids is 1. The van der Waals surface area contributed by atoms with Crippen LogP contribution in [0, 0.1) is 39.4 Å². The molecule has 7 nitrogen and oxygen atoms in total. The summed E-state index contributed by atoms with van der Waals surface area (Å²) in [6.07, 6.45) is 4.65. The molecule has 0 radical (unpaired) electrons. The minimum atomic E-state index is -3.95. The standard InChI is InChI=1S/C28H32FN3O4S/c1-18-14-19(2)25(20(3)15-18)11-12-26-27(21(4)31-36-26)37(34,35)32-13-5-6-23(17-32)28(33)30-16-22-7-9-24(29)10-8-22/h7-12,14-15,23H,5-6,13,16-17H2,1-4H3,(H,30,33). The molecule has 1 amide bonds. The first-order chi connectivity index (χ1) is 17.6. The highest BCUT2D eigenvalue weighted by molar-refractivity contribution is 7.89. The molecule has 0 saturated carbocycles. The van der Waals surface area contributed by atoms with E-state index in [4.69, 9.17) is 4.52 Å². The highest BCUT2D eigenvalue weighted by atomic mass is 32.2. The van der Waals surface area contributed by atoms with Gasteiger partial charge in [-0.25, -0.2) is 12.8 Å². The fourth-order valence-corrected chi connectivity index (χ4v) is 6.63. The summed E-state index contributed by atoms with van der Waals surface area (Å²) in [6, 6.07) is 10.0. The SMILES string of the molecule is Cc1cc(C)c(C=Cc2onc(C)c2S(=O)(=O)N2CCCC(C(=O)NCc3ccc(F)cc3)C2)c(C)c1. The quantitative estimate of drug-likeness (QED) is 0.472. The van der Waals surface area contributed by atoms with E-state index in [2.05, 4.69) is 22.6 Å².